The van der Waals surface area contributed by atoms with Crippen LogP contribution in [0, 0.1) is 6.92 Å². The summed E-state index contributed by atoms with van der Waals surface area (Å²) in [6.07, 6.45) is 1.61. The highest BCUT2D eigenvalue weighted by molar-refractivity contribution is 7.17. The van der Waals surface area contributed by atoms with Gasteiger partial charge in [0, 0.05) is 12.6 Å². The highest BCUT2D eigenvalue weighted by Crippen LogP contribution is 2.35. The number of methoxy groups -OCH3 is 2. The Labute approximate surface area is 162 Å². The fourth-order valence-corrected chi connectivity index (χ4v) is 3.79. The number of rotatable bonds is 6. The molecular formula is C20H22N2O4S. The number of aryl methyl sites for hydroxylation is 1. The first-order valence-electron chi connectivity index (χ1n) is 8.46. The van der Waals surface area contributed by atoms with Gasteiger partial charge < -0.3 is 18.8 Å². The molecule has 3 rings (SSSR count). The van der Waals surface area contributed by atoms with Crippen LogP contribution in [0.2, 0.25) is 0 Å². The average molecular weight is 386 g/mol. The highest BCUT2D eigenvalue weighted by Gasteiger charge is 2.25. The summed E-state index contributed by atoms with van der Waals surface area (Å²) < 4.78 is 16.1. The molecule has 6 nitrogen and oxygen atoms in total. The molecule has 0 spiro atoms. The molecular weight excluding hydrogens is 364 g/mol. The zero-order valence-electron chi connectivity index (χ0n) is 16.0. The maximum absolute atomic E-state index is 13.0. The fourth-order valence-electron chi connectivity index (χ4n) is 2.74. The molecule has 2 heterocycles. The predicted octanol–water partition coefficient (Wildman–Crippen LogP) is 4.56. The van der Waals surface area contributed by atoms with Crippen molar-refractivity contribution in [1.29, 1.82) is 0 Å². The predicted molar refractivity (Wildman–Crippen MR) is 105 cm³/mol. The van der Waals surface area contributed by atoms with Crippen molar-refractivity contribution in [3.05, 3.63) is 52.9 Å². The lowest BCUT2D eigenvalue weighted by atomic mass is 10.2. The largest absolute Gasteiger partial charge is 0.493 e. The molecule has 0 bridgehead atoms. The van der Waals surface area contributed by atoms with E-state index in [1.165, 1.54) is 11.3 Å². The van der Waals surface area contributed by atoms with Crippen LogP contribution in [0.15, 0.2) is 41.0 Å². The van der Waals surface area contributed by atoms with Crippen molar-refractivity contribution in [2.45, 2.75) is 19.9 Å². The summed E-state index contributed by atoms with van der Waals surface area (Å²) in [6.45, 7) is 3.78. The van der Waals surface area contributed by atoms with Crippen molar-refractivity contribution >= 4 is 17.2 Å². The summed E-state index contributed by atoms with van der Waals surface area (Å²) in [4.78, 5) is 19.8. The van der Waals surface area contributed by atoms with Gasteiger partial charge in [0.05, 0.1) is 32.2 Å². The Balaban J connectivity index is 1.89. The van der Waals surface area contributed by atoms with E-state index in [9.17, 15) is 4.79 Å². The third kappa shape index (κ3) is 3.68. The van der Waals surface area contributed by atoms with Crippen LogP contribution in [0.5, 0.6) is 11.5 Å². The van der Waals surface area contributed by atoms with Crippen LogP contribution in [0.1, 0.15) is 34.1 Å². The molecule has 0 aliphatic heterocycles. The SMILES string of the molecule is COc1ccc(-c2nc(C)c(C(=O)N(C)C(C)c3ccco3)s2)cc1OC. The second-order valence-electron chi connectivity index (χ2n) is 6.11. The molecule has 142 valence electrons. The summed E-state index contributed by atoms with van der Waals surface area (Å²) in [5.41, 5.74) is 1.58. The molecule has 1 unspecified atom stereocenters. The van der Waals surface area contributed by atoms with E-state index in [4.69, 9.17) is 13.9 Å². The molecule has 1 amide bonds. The molecule has 0 fully saturated rings. The molecule has 0 aliphatic carbocycles. The van der Waals surface area contributed by atoms with Gasteiger partial charge in [0.2, 0.25) is 0 Å². The van der Waals surface area contributed by atoms with Crippen molar-refractivity contribution in [3.8, 4) is 22.1 Å². The summed E-state index contributed by atoms with van der Waals surface area (Å²) in [5, 5.41) is 0.760. The molecule has 0 saturated carbocycles. The van der Waals surface area contributed by atoms with Gasteiger partial charge in [-0.05, 0) is 44.2 Å². The lowest BCUT2D eigenvalue weighted by molar-refractivity contribution is 0.0730. The number of hydrogen-bond donors (Lipinski definition) is 0. The molecule has 1 aromatic carbocycles. The molecule has 2 aromatic heterocycles. The van der Waals surface area contributed by atoms with Crippen molar-refractivity contribution < 1.29 is 18.7 Å². The summed E-state index contributed by atoms with van der Waals surface area (Å²) in [7, 11) is 4.96. The van der Waals surface area contributed by atoms with E-state index < -0.39 is 0 Å². The maximum Gasteiger partial charge on any atom is 0.266 e. The number of carbonyl (C=O) groups excluding carboxylic acids is 1. The Morgan fingerprint density at radius 3 is 2.59 bits per heavy atom. The van der Waals surface area contributed by atoms with Gasteiger partial charge in [-0.15, -0.1) is 11.3 Å². The number of carbonyl (C=O) groups is 1. The highest BCUT2D eigenvalue weighted by atomic mass is 32.1. The number of benzene rings is 1. The van der Waals surface area contributed by atoms with Gasteiger partial charge in [0.15, 0.2) is 11.5 Å². The quantitative estimate of drug-likeness (QED) is 0.621. The minimum atomic E-state index is -0.168. The minimum Gasteiger partial charge on any atom is -0.493 e. The van der Waals surface area contributed by atoms with E-state index in [-0.39, 0.29) is 11.9 Å². The smallest absolute Gasteiger partial charge is 0.266 e. The second-order valence-corrected chi connectivity index (χ2v) is 7.11. The van der Waals surface area contributed by atoms with Gasteiger partial charge in [-0.2, -0.15) is 0 Å². The first-order valence-corrected chi connectivity index (χ1v) is 9.28. The van der Waals surface area contributed by atoms with Crippen molar-refractivity contribution in [3.63, 3.8) is 0 Å². The minimum absolute atomic E-state index is 0.0828. The fraction of sp³-hybridized carbons (Fsp3) is 0.300. The standard InChI is InChI=1S/C20H22N2O4S/c1-12-18(20(23)22(3)13(2)15-7-6-10-26-15)27-19(21-12)14-8-9-16(24-4)17(11-14)25-5/h6-11,13H,1-5H3. The van der Waals surface area contributed by atoms with Gasteiger partial charge in [-0.1, -0.05) is 0 Å². The van der Waals surface area contributed by atoms with E-state index in [1.807, 2.05) is 44.2 Å². The molecule has 7 heteroatoms. The van der Waals surface area contributed by atoms with E-state index in [0.29, 0.717) is 22.1 Å². The van der Waals surface area contributed by atoms with Gasteiger partial charge in [-0.25, -0.2) is 4.98 Å². The number of furan rings is 1. The van der Waals surface area contributed by atoms with Crippen molar-refractivity contribution in [2.24, 2.45) is 0 Å². The first kappa shape index (κ1) is 19.0. The lowest BCUT2D eigenvalue weighted by Crippen LogP contribution is -2.29. The number of thiazole rings is 1. The summed E-state index contributed by atoms with van der Waals surface area (Å²) in [5.74, 6) is 1.94. The zero-order valence-corrected chi connectivity index (χ0v) is 16.8. The van der Waals surface area contributed by atoms with Crippen LogP contribution in [0.3, 0.4) is 0 Å². The van der Waals surface area contributed by atoms with E-state index >= 15 is 0 Å². The Bertz CT molecular complexity index is 934. The van der Waals surface area contributed by atoms with Crippen LogP contribution < -0.4 is 9.47 Å². The summed E-state index contributed by atoms with van der Waals surface area (Å²) in [6, 6.07) is 9.11. The number of amides is 1. The molecule has 0 N–H and O–H groups in total. The van der Waals surface area contributed by atoms with Gasteiger partial charge >= 0.3 is 0 Å². The molecule has 0 radical (unpaired) electrons. The zero-order chi connectivity index (χ0) is 19.6. The second kappa shape index (κ2) is 7.84. The van der Waals surface area contributed by atoms with E-state index in [2.05, 4.69) is 4.98 Å². The Morgan fingerprint density at radius 1 is 1.22 bits per heavy atom. The number of nitrogens with zero attached hydrogens (tertiary/aromatic N) is 2. The third-order valence-corrected chi connectivity index (χ3v) is 5.67. The molecule has 3 aromatic rings. The van der Waals surface area contributed by atoms with Gasteiger partial charge in [0.25, 0.3) is 5.91 Å². The van der Waals surface area contributed by atoms with Crippen molar-refractivity contribution in [2.75, 3.05) is 21.3 Å². The van der Waals surface area contributed by atoms with Crippen LogP contribution in [-0.4, -0.2) is 37.1 Å². The monoisotopic (exact) mass is 386 g/mol. The van der Waals surface area contributed by atoms with Crippen LogP contribution in [0.4, 0.5) is 0 Å². The normalized spacial score (nSPS) is 11.9. The van der Waals surface area contributed by atoms with Crippen molar-refractivity contribution in [1.82, 2.24) is 9.88 Å². The van der Waals surface area contributed by atoms with E-state index in [1.54, 1.807) is 32.4 Å². The average Bonchev–Trinajstić information content (AvgIpc) is 3.35. The molecule has 0 saturated heterocycles. The van der Waals surface area contributed by atoms with Crippen LogP contribution >= 0.6 is 11.3 Å². The summed E-state index contributed by atoms with van der Waals surface area (Å²) >= 11 is 1.37. The molecule has 27 heavy (non-hydrogen) atoms. The van der Waals surface area contributed by atoms with Crippen LogP contribution in [0.25, 0.3) is 10.6 Å². The molecule has 1 atom stereocenters. The lowest BCUT2D eigenvalue weighted by Gasteiger charge is -2.22. The molecule has 0 aliphatic rings. The van der Waals surface area contributed by atoms with Gasteiger partial charge in [-0.3, -0.25) is 4.79 Å². The van der Waals surface area contributed by atoms with Crippen LogP contribution in [-0.2, 0) is 0 Å². The van der Waals surface area contributed by atoms with Gasteiger partial charge in [0.1, 0.15) is 15.6 Å². The number of hydrogen-bond acceptors (Lipinski definition) is 6. The Hall–Kier alpha value is -2.80. The maximum atomic E-state index is 13.0. The first-order chi connectivity index (χ1) is 13.0. The third-order valence-electron chi connectivity index (χ3n) is 4.48. The Morgan fingerprint density at radius 2 is 1.96 bits per heavy atom. The topological polar surface area (TPSA) is 64.8 Å². The number of ether oxygens (including phenoxy) is 2. The van der Waals surface area contributed by atoms with E-state index in [0.717, 1.165) is 16.3 Å². The number of aromatic nitrogens is 1. The Kier molecular flexibility index (Phi) is 5.51.